The van der Waals surface area contributed by atoms with Crippen molar-refractivity contribution in [2.75, 3.05) is 5.32 Å². The summed E-state index contributed by atoms with van der Waals surface area (Å²) in [7, 11) is 0. The Balaban J connectivity index is 1.69. The number of hydrogen-bond donors (Lipinski definition) is 2. The van der Waals surface area contributed by atoms with Crippen LogP contribution in [-0.2, 0) is 6.54 Å². The predicted molar refractivity (Wildman–Crippen MR) is 107 cm³/mol. The van der Waals surface area contributed by atoms with Gasteiger partial charge in [0.1, 0.15) is 5.82 Å². The maximum absolute atomic E-state index is 13.2. The first-order valence-electron chi connectivity index (χ1n) is 8.60. The van der Waals surface area contributed by atoms with Crippen molar-refractivity contribution in [2.24, 2.45) is 0 Å². The number of amides is 2. The van der Waals surface area contributed by atoms with E-state index in [1.165, 1.54) is 12.1 Å². The van der Waals surface area contributed by atoms with E-state index in [2.05, 4.69) is 10.6 Å². The minimum absolute atomic E-state index is 0.268. The van der Waals surface area contributed by atoms with E-state index in [1.54, 1.807) is 24.3 Å². The molecule has 2 amide bonds. The Labute approximate surface area is 163 Å². The van der Waals surface area contributed by atoms with Crippen molar-refractivity contribution >= 4 is 23.3 Å². The van der Waals surface area contributed by atoms with Gasteiger partial charge in [-0.05, 0) is 74.4 Å². The number of benzene rings is 2. The van der Waals surface area contributed by atoms with Gasteiger partial charge in [0.2, 0.25) is 0 Å². The number of nitrogens with one attached hydrogen (secondary N) is 2. The summed E-state index contributed by atoms with van der Waals surface area (Å²) in [6.07, 6.45) is 0. The van der Waals surface area contributed by atoms with Gasteiger partial charge in [-0.2, -0.15) is 0 Å². The quantitative estimate of drug-likeness (QED) is 0.610. The van der Waals surface area contributed by atoms with Crippen LogP contribution in [0.4, 0.5) is 14.9 Å². The fourth-order valence-corrected chi connectivity index (χ4v) is 3.20. The van der Waals surface area contributed by atoms with Gasteiger partial charge in [0.15, 0.2) is 0 Å². The van der Waals surface area contributed by atoms with Crippen molar-refractivity contribution in [3.8, 4) is 5.69 Å². The summed E-state index contributed by atoms with van der Waals surface area (Å²) in [6, 6.07) is 13.4. The molecule has 3 rings (SSSR count). The first-order chi connectivity index (χ1) is 12.8. The molecule has 2 aromatic carbocycles. The van der Waals surface area contributed by atoms with E-state index in [0.717, 1.165) is 28.2 Å². The average molecular weight is 386 g/mol. The molecule has 0 aliphatic heterocycles. The molecular formula is C21H21ClFN3O. The van der Waals surface area contributed by atoms with Crippen LogP contribution in [0.15, 0.2) is 48.5 Å². The molecule has 0 spiro atoms. The van der Waals surface area contributed by atoms with Gasteiger partial charge >= 0.3 is 6.03 Å². The lowest BCUT2D eigenvalue weighted by Gasteiger charge is -2.11. The summed E-state index contributed by atoms with van der Waals surface area (Å²) in [6.45, 7) is 6.24. The van der Waals surface area contributed by atoms with Crippen molar-refractivity contribution in [3.05, 3.63) is 81.9 Å². The lowest BCUT2D eigenvalue weighted by molar-refractivity contribution is 0.251. The number of aromatic nitrogens is 1. The molecule has 0 aliphatic carbocycles. The molecule has 0 bridgehead atoms. The van der Waals surface area contributed by atoms with E-state index in [9.17, 15) is 9.18 Å². The van der Waals surface area contributed by atoms with E-state index in [4.69, 9.17) is 11.6 Å². The number of anilines is 1. The highest BCUT2D eigenvalue weighted by molar-refractivity contribution is 6.31. The Morgan fingerprint density at radius 2 is 1.78 bits per heavy atom. The highest BCUT2D eigenvalue weighted by atomic mass is 35.5. The minimum atomic E-state index is -0.304. The SMILES string of the molecule is Cc1ccc(NC(=O)NCc2cc(C)n(-c3ccc(F)cc3)c2C)cc1Cl. The van der Waals surface area contributed by atoms with E-state index < -0.39 is 0 Å². The van der Waals surface area contributed by atoms with Crippen molar-refractivity contribution in [1.29, 1.82) is 0 Å². The third-order valence-corrected chi connectivity index (χ3v) is 4.90. The summed E-state index contributed by atoms with van der Waals surface area (Å²) in [4.78, 5) is 12.2. The van der Waals surface area contributed by atoms with Crippen LogP contribution in [0.2, 0.25) is 5.02 Å². The lowest BCUT2D eigenvalue weighted by atomic mass is 10.2. The molecular weight excluding hydrogens is 365 g/mol. The number of rotatable bonds is 4. The molecule has 0 fully saturated rings. The summed E-state index contributed by atoms with van der Waals surface area (Å²) in [5, 5.41) is 6.24. The number of nitrogens with zero attached hydrogens (tertiary/aromatic N) is 1. The minimum Gasteiger partial charge on any atom is -0.334 e. The molecule has 3 aromatic rings. The Hall–Kier alpha value is -2.79. The van der Waals surface area contributed by atoms with Gasteiger partial charge in [-0.3, -0.25) is 0 Å². The van der Waals surface area contributed by atoms with Crippen LogP contribution in [-0.4, -0.2) is 10.6 Å². The van der Waals surface area contributed by atoms with E-state index in [0.29, 0.717) is 17.3 Å². The lowest BCUT2D eigenvalue weighted by Crippen LogP contribution is -2.28. The number of halogens is 2. The molecule has 0 radical (unpaired) electrons. The molecule has 140 valence electrons. The Bertz CT molecular complexity index is 980. The molecule has 0 aliphatic rings. The maximum Gasteiger partial charge on any atom is 0.319 e. The Morgan fingerprint density at radius 3 is 2.44 bits per heavy atom. The van der Waals surface area contributed by atoms with E-state index >= 15 is 0 Å². The molecule has 0 saturated heterocycles. The topological polar surface area (TPSA) is 46.1 Å². The van der Waals surface area contributed by atoms with Crippen LogP contribution in [0, 0.1) is 26.6 Å². The van der Waals surface area contributed by atoms with Crippen LogP contribution in [0.25, 0.3) is 5.69 Å². The zero-order valence-corrected chi connectivity index (χ0v) is 16.2. The van der Waals surface area contributed by atoms with Crippen LogP contribution in [0.5, 0.6) is 0 Å². The second-order valence-corrected chi connectivity index (χ2v) is 6.89. The van der Waals surface area contributed by atoms with Crippen LogP contribution < -0.4 is 10.6 Å². The molecule has 6 heteroatoms. The van der Waals surface area contributed by atoms with Crippen LogP contribution in [0.1, 0.15) is 22.5 Å². The number of urea groups is 1. The zero-order valence-electron chi connectivity index (χ0n) is 15.4. The molecule has 4 nitrogen and oxygen atoms in total. The first kappa shape index (κ1) is 19.0. The normalized spacial score (nSPS) is 10.7. The van der Waals surface area contributed by atoms with Crippen molar-refractivity contribution in [2.45, 2.75) is 27.3 Å². The van der Waals surface area contributed by atoms with Crippen LogP contribution in [0.3, 0.4) is 0 Å². The molecule has 27 heavy (non-hydrogen) atoms. The largest absolute Gasteiger partial charge is 0.334 e. The van der Waals surface area contributed by atoms with E-state index in [-0.39, 0.29) is 11.8 Å². The molecule has 0 unspecified atom stereocenters. The molecule has 2 N–H and O–H groups in total. The fraction of sp³-hybridized carbons (Fsp3) is 0.190. The number of carbonyl (C=O) groups is 1. The van der Waals surface area contributed by atoms with Gasteiger partial charge in [-0.1, -0.05) is 17.7 Å². The van der Waals surface area contributed by atoms with Gasteiger partial charge < -0.3 is 15.2 Å². The fourth-order valence-electron chi connectivity index (χ4n) is 3.02. The summed E-state index contributed by atoms with van der Waals surface area (Å²) in [5.41, 5.74) is 5.49. The molecule has 0 saturated carbocycles. The van der Waals surface area contributed by atoms with Gasteiger partial charge in [0.05, 0.1) is 0 Å². The number of aryl methyl sites for hydroxylation is 2. The second kappa shape index (κ2) is 7.84. The maximum atomic E-state index is 13.2. The molecule has 0 atom stereocenters. The van der Waals surface area contributed by atoms with Gasteiger partial charge in [-0.25, -0.2) is 9.18 Å². The third kappa shape index (κ3) is 4.31. The number of hydrogen-bond acceptors (Lipinski definition) is 1. The summed E-state index contributed by atoms with van der Waals surface area (Å²) in [5.74, 6) is -0.268. The Kier molecular flexibility index (Phi) is 5.51. The highest BCUT2D eigenvalue weighted by Crippen LogP contribution is 2.22. The zero-order chi connectivity index (χ0) is 19.6. The van der Waals surface area contributed by atoms with Gasteiger partial charge in [0, 0.05) is 34.3 Å². The highest BCUT2D eigenvalue weighted by Gasteiger charge is 2.12. The standard InChI is InChI=1S/C21H21ClFN3O/c1-13-4-7-18(11-20(13)22)25-21(27)24-12-16-10-14(2)26(15(16)3)19-8-5-17(23)6-9-19/h4-11H,12H2,1-3H3,(H2,24,25,27). The van der Waals surface area contributed by atoms with Crippen molar-refractivity contribution < 1.29 is 9.18 Å². The average Bonchev–Trinajstić information content (AvgIpc) is 2.91. The van der Waals surface area contributed by atoms with Crippen molar-refractivity contribution in [3.63, 3.8) is 0 Å². The van der Waals surface area contributed by atoms with Crippen LogP contribution >= 0.6 is 11.6 Å². The monoisotopic (exact) mass is 385 g/mol. The van der Waals surface area contributed by atoms with Gasteiger partial charge in [0.25, 0.3) is 0 Å². The summed E-state index contributed by atoms with van der Waals surface area (Å²) >= 11 is 6.08. The first-order valence-corrected chi connectivity index (χ1v) is 8.97. The number of carbonyl (C=O) groups excluding carboxylic acids is 1. The molecule has 1 aromatic heterocycles. The molecule has 1 heterocycles. The second-order valence-electron chi connectivity index (χ2n) is 6.48. The predicted octanol–water partition coefficient (Wildman–Crippen LogP) is 5.52. The Morgan fingerprint density at radius 1 is 1.07 bits per heavy atom. The van der Waals surface area contributed by atoms with Gasteiger partial charge in [-0.15, -0.1) is 0 Å². The van der Waals surface area contributed by atoms with E-state index in [1.807, 2.05) is 37.5 Å². The summed E-state index contributed by atoms with van der Waals surface area (Å²) < 4.78 is 15.2. The smallest absolute Gasteiger partial charge is 0.319 e. The third-order valence-electron chi connectivity index (χ3n) is 4.49. The van der Waals surface area contributed by atoms with Crippen molar-refractivity contribution in [1.82, 2.24) is 9.88 Å².